The van der Waals surface area contributed by atoms with Gasteiger partial charge in [-0.15, -0.1) is 11.3 Å². The normalized spacial score (nSPS) is 11.1. The molecule has 2 rings (SSSR count). The van der Waals surface area contributed by atoms with Crippen LogP contribution < -0.4 is 5.32 Å². The Balaban J connectivity index is 2.05. The van der Waals surface area contributed by atoms with E-state index in [1.54, 1.807) is 11.3 Å². The number of hydrogen-bond acceptors (Lipinski definition) is 3. The fraction of sp³-hybridized carbons (Fsp3) is 0.286. The van der Waals surface area contributed by atoms with Crippen molar-refractivity contribution in [2.45, 2.75) is 35.5 Å². The van der Waals surface area contributed by atoms with Crippen LogP contribution in [0.5, 0.6) is 0 Å². The standard InChI is InChI=1S/C14H16BrNS2/c1-10(2)16-9-11-5-6-12(8-13(11)15)18-14-4-3-7-17-14/h3-8,10,16H,9H2,1-2H3. The first-order valence-electron chi connectivity index (χ1n) is 5.88. The number of nitrogens with one attached hydrogen (secondary N) is 1. The second-order valence-electron chi connectivity index (χ2n) is 4.32. The van der Waals surface area contributed by atoms with E-state index in [4.69, 9.17) is 0 Å². The van der Waals surface area contributed by atoms with Crippen LogP contribution in [0.1, 0.15) is 19.4 Å². The van der Waals surface area contributed by atoms with E-state index < -0.39 is 0 Å². The highest BCUT2D eigenvalue weighted by Crippen LogP contribution is 2.33. The minimum Gasteiger partial charge on any atom is -0.310 e. The average molecular weight is 342 g/mol. The first kappa shape index (κ1) is 14.1. The summed E-state index contributed by atoms with van der Waals surface area (Å²) < 4.78 is 2.51. The van der Waals surface area contributed by atoms with Gasteiger partial charge in [-0.1, -0.05) is 53.7 Å². The molecule has 0 aliphatic rings. The van der Waals surface area contributed by atoms with E-state index in [9.17, 15) is 0 Å². The summed E-state index contributed by atoms with van der Waals surface area (Å²) in [6, 6.07) is 11.3. The molecule has 2 aromatic rings. The molecule has 0 spiro atoms. The summed E-state index contributed by atoms with van der Waals surface area (Å²) in [6.45, 7) is 5.23. The van der Waals surface area contributed by atoms with Gasteiger partial charge in [0, 0.05) is 22.0 Å². The Bertz CT molecular complexity index is 495. The Morgan fingerprint density at radius 3 is 2.78 bits per heavy atom. The highest BCUT2D eigenvalue weighted by Gasteiger charge is 2.04. The maximum atomic E-state index is 3.65. The zero-order chi connectivity index (χ0) is 13.0. The van der Waals surface area contributed by atoms with Crippen molar-refractivity contribution in [3.8, 4) is 0 Å². The van der Waals surface area contributed by atoms with Crippen LogP contribution in [0.3, 0.4) is 0 Å². The number of rotatable bonds is 5. The Morgan fingerprint density at radius 1 is 1.33 bits per heavy atom. The first-order chi connectivity index (χ1) is 8.65. The summed E-state index contributed by atoms with van der Waals surface area (Å²) >= 11 is 7.24. The monoisotopic (exact) mass is 341 g/mol. The molecule has 0 bridgehead atoms. The highest BCUT2D eigenvalue weighted by molar-refractivity contribution is 9.10. The van der Waals surface area contributed by atoms with Crippen LogP contribution in [0.25, 0.3) is 0 Å². The van der Waals surface area contributed by atoms with Crippen molar-refractivity contribution in [2.24, 2.45) is 0 Å². The molecule has 0 radical (unpaired) electrons. The molecule has 4 heteroatoms. The van der Waals surface area contributed by atoms with Crippen molar-refractivity contribution < 1.29 is 0 Å². The van der Waals surface area contributed by atoms with E-state index in [1.165, 1.54) is 19.1 Å². The quantitative estimate of drug-likeness (QED) is 0.805. The molecule has 0 aliphatic heterocycles. The third-order valence-corrected chi connectivity index (χ3v) is 5.20. The molecule has 0 amide bonds. The van der Waals surface area contributed by atoms with Gasteiger partial charge >= 0.3 is 0 Å². The molecular weight excluding hydrogens is 326 g/mol. The molecule has 1 aromatic heterocycles. The van der Waals surface area contributed by atoms with Crippen molar-refractivity contribution in [3.63, 3.8) is 0 Å². The van der Waals surface area contributed by atoms with E-state index >= 15 is 0 Å². The molecule has 1 nitrogen and oxygen atoms in total. The van der Waals surface area contributed by atoms with Gasteiger partial charge in [-0.3, -0.25) is 0 Å². The third-order valence-electron chi connectivity index (χ3n) is 2.44. The van der Waals surface area contributed by atoms with E-state index in [0.29, 0.717) is 6.04 Å². The molecule has 0 unspecified atom stereocenters. The van der Waals surface area contributed by atoms with Gasteiger partial charge in [0.1, 0.15) is 0 Å². The van der Waals surface area contributed by atoms with E-state index in [0.717, 1.165) is 6.54 Å². The van der Waals surface area contributed by atoms with Gasteiger partial charge < -0.3 is 5.32 Å². The summed E-state index contributed by atoms with van der Waals surface area (Å²) in [6.07, 6.45) is 0. The first-order valence-corrected chi connectivity index (χ1v) is 8.37. The minimum absolute atomic E-state index is 0.511. The van der Waals surface area contributed by atoms with Gasteiger partial charge in [-0.2, -0.15) is 0 Å². The summed E-state index contributed by atoms with van der Waals surface area (Å²) in [4.78, 5) is 1.28. The molecule has 1 aromatic carbocycles. The topological polar surface area (TPSA) is 12.0 Å². The van der Waals surface area contributed by atoms with Crippen LogP contribution in [0.4, 0.5) is 0 Å². The van der Waals surface area contributed by atoms with Crippen LogP contribution in [0, 0.1) is 0 Å². The molecule has 0 atom stereocenters. The Morgan fingerprint density at radius 2 is 2.17 bits per heavy atom. The highest BCUT2D eigenvalue weighted by atomic mass is 79.9. The number of halogens is 1. The van der Waals surface area contributed by atoms with Crippen LogP contribution >= 0.6 is 39.0 Å². The molecule has 0 fully saturated rings. The Labute approximate surface area is 125 Å². The smallest absolute Gasteiger partial charge is 0.0646 e. The maximum Gasteiger partial charge on any atom is 0.0646 e. The minimum atomic E-state index is 0.511. The lowest BCUT2D eigenvalue weighted by molar-refractivity contribution is 0.587. The van der Waals surface area contributed by atoms with Crippen molar-refractivity contribution in [1.29, 1.82) is 0 Å². The molecule has 1 heterocycles. The molecule has 96 valence electrons. The predicted octanol–water partition coefficient (Wildman–Crippen LogP) is 5.16. The Hall–Kier alpha value is -0.290. The molecule has 0 saturated heterocycles. The number of hydrogen-bond donors (Lipinski definition) is 1. The van der Waals surface area contributed by atoms with Crippen LogP contribution in [0.2, 0.25) is 0 Å². The number of thiophene rings is 1. The summed E-state index contributed by atoms with van der Waals surface area (Å²) in [5.74, 6) is 0. The zero-order valence-corrected chi connectivity index (χ0v) is 13.7. The van der Waals surface area contributed by atoms with Crippen molar-refractivity contribution >= 4 is 39.0 Å². The molecule has 0 saturated carbocycles. The largest absolute Gasteiger partial charge is 0.310 e. The van der Waals surface area contributed by atoms with Crippen molar-refractivity contribution in [1.82, 2.24) is 5.32 Å². The zero-order valence-electron chi connectivity index (χ0n) is 10.4. The van der Waals surface area contributed by atoms with E-state index in [2.05, 4.69) is 70.8 Å². The molecule has 18 heavy (non-hydrogen) atoms. The lowest BCUT2D eigenvalue weighted by Gasteiger charge is -2.10. The predicted molar refractivity (Wildman–Crippen MR) is 84.6 cm³/mol. The average Bonchev–Trinajstić information content (AvgIpc) is 2.80. The third kappa shape index (κ3) is 4.12. The van der Waals surface area contributed by atoms with Crippen LogP contribution in [0.15, 0.2) is 49.3 Å². The lowest BCUT2D eigenvalue weighted by Crippen LogP contribution is -2.21. The second-order valence-corrected chi connectivity index (χ2v) is 7.50. The van der Waals surface area contributed by atoms with Crippen molar-refractivity contribution in [3.05, 3.63) is 45.7 Å². The van der Waals surface area contributed by atoms with Crippen LogP contribution in [-0.4, -0.2) is 6.04 Å². The van der Waals surface area contributed by atoms with E-state index in [-0.39, 0.29) is 0 Å². The SMILES string of the molecule is CC(C)NCc1ccc(Sc2cccs2)cc1Br. The second kappa shape index (κ2) is 6.75. The van der Waals surface area contributed by atoms with Gasteiger partial charge in [0.2, 0.25) is 0 Å². The molecule has 1 N–H and O–H groups in total. The van der Waals surface area contributed by atoms with Gasteiger partial charge in [0.05, 0.1) is 4.21 Å². The summed E-state index contributed by atoms with van der Waals surface area (Å²) in [5, 5.41) is 5.54. The Kier molecular flexibility index (Phi) is 5.30. The van der Waals surface area contributed by atoms with Gasteiger partial charge in [0.15, 0.2) is 0 Å². The molecule has 0 aliphatic carbocycles. The van der Waals surface area contributed by atoms with Gasteiger partial charge in [-0.05, 0) is 29.1 Å². The lowest BCUT2D eigenvalue weighted by atomic mass is 10.2. The van der Waals surface area contributed by atoms with Crippen LogP contribution in [-0.2, 0) is 6.54 Å². The summed E-state index contributed by atoms with van der Waals surface area (Å²) in [5.41, 5.74) is 1.30. The fourth-order valence-corrected chi connectivity index (χ4v) is 3.95. The fourth-order valence-electron chi connectivity index (χ4n) is 1.49. The summed E-state index contributed by atoms with van der Waals surface area (Å²) in [7, 11) is 0. The molecular formula is C14H16BrNS2. The van der Waals surface area contributed by atoms with Gasteiger partial charge in [-0.25, -0.2) is 0 Å². The van der Waals surface area contributed by atoms with Gasteiger partial charge in [0.25, 0.3) is 0 Å². The van der Waals surface area contributed by atoms with Crippen molar-refractivity contribution in [2.75, 3.05) is 0 Å². The maximum absolute atomic E-state index is 3.65. The van der Waals surface area contributed by atoms with E-state index in [1.807, 2.05) is 11.8 Å². The number of benzene rings is 1.